The second kappa shape index (κ2) is 13.0. The van der Waals surface area contributed by atoms with E-state index in [4.69, 9.17) is 23.2 Å². The highest BCUT2D eigenvalue weighted by molar-refractivity contribution is 7.99. The molecule has 0 aliphatic heterocycles. The second-order valence-electron chi connectivity index (χ2n) is 7.39. The third kappa shape index (κ3) is 7.74. The Balaban J connectivity index is 2.17. The Morgan fingerprint density at radius 2 is 1.84 bits per heavy atom. The van der Waals surface area contributed by atoms with Crippen LogP contribution in [0.5, 0.6) is 0 Å². The number of thioether (sulfide) groups is 1. The SMILES string of the molecule is CCCNC(=O)C(CC)N(Cc1ccc(Cl)cc1Cl)C(=O)CSCc1ccccc1C. The van der Waals surface area contributed by atoms with Crippen LogP contribution in [0.1, 0.15) is 43.4 Å². The molecule has 0 spiro atoms. The molecule has 2 rings (SSSR count). The highest BCUT2D eigenvalue weighted by Crippen LogP contribution is 2.24. The molecule has 2 amide bonds. The summed E-state index contributed by atoms with van der Waals surface area (Å²) in [5, 5.41) is 3.95. The Kier molecular flexibility index (Phi) is 10.7. The van der Waals surface area contributed by atoms with E-state index in [1.807, 2.05) is 32.0 Å². The van der Waals surface area contributed by atoms with Gasteiger partial charge in [-0.2, -0.15) is 0 Å². The minimum absolute atomic E-state index is 0.0805. The molecule has 168 valence electrons. The quantitative estimate of drug-likeness (QED) is 0.437. The van der Waals surface area contributed by atoms with Gasteiger partial charge in [-0.3, -0.25) is 9.59 Å². The van der Waals surface area contributed by atoms with E-state index in [-0.39, 0.29) is 24.1 Å². The largest absolute Gasteiger partial charge is 0.354 e. The van der Waals surface area contributed by atoms with E-state index >= 15 is 0 Å². The third-order valence-corrected chi connectivity index (χ3v) is 6.59. The monoisotopic (exact) mass is 480 g/mol. The maximum Gasteiger partial charge on any atom is 0.242 e. The molecule has 0 saturated carbocycles. The number of amides is 2. The van der Waals surface area contributed by atoms with Gasteiger partial charge in [-0.25, -0.2) is 0 Å². The van der Waals surface area contributed by atoms with Crippen LogP contribution in [0.2, 0.25) is 10.0 Å². The number of nitrogens with one attached hydrogen (secondary N) is 1. The maximum atomic E-state index is 13.2. The van der Waals surface area contributed by atoms with Crippen LogP contribution in [0.15, 0.2) is 42.5 Å². The summed E-state index contributed by atoms with van der Waals surface area (Å²) < 4.78 is 0. The van der Waals surface area contributed by atoms with E-state index in [1.54, 1.807) is 28.8 Å². The van der Waals surface area contributed by atoms with Crippen molar-refractivity contribution in [2.75, 3.05) is 12.3 Å². The van der Waals surface area contributed by atoms with Gasteiger partial charge in [-0.1, -0.05) is 67.4 Å². The molecule has 0 bridgehead atoms. The average molecular weight is 481 g/mol. The number of benzene rings is 2. The van der Waals surface area contributed by atoms with Gasteiger partial charge in [0, 0.05) is 28.9 Å². The van der Waals surface area contributed by atoms with Crippen LogP contribution in [-0.2, 0) is 21.9 Å². The summed E-state index contributed by atoms with van der Waals surface area (Å²) >= 11 is 13.9. The van der Waals surface area contributed by atoms with Gasteiger partial charge in [0.1, 0.15) is 6.04 Å². The Bertz CT molecular complexity index is 892. The molecule has 0 fully saturated rings. The summed E-state index contributed by atoms with van der Waals surface area (Å²) in [6, 6.07) is 12.8. The Morgan fingerprint density at radius 1 is 1.10 bits per heavy atom. The molecular weight excluding hydrogens is 451 g/mol. The third-order valence-electron chi connectivity index (χ3n) is 5.04. The van der Waals surface area contributed by atoms with E-state index in [0.29, 0.717) is 23.0 Å². The van der Waals surface area contributed by atoms with Crippen LogP contribution < -0.4 is 5.32 Å². The molecule has 1 N–H and O–H groups in total. The second-order valence-corrected chi connectivity index (χ2v) is 9.22. The normalized spacial score (nSPS) is 11.8. The van der Waals surface area contributed by atoms with Crippen molar-refractivity contribution >= 4 is 46.8 Å². The molecule has 0 saturated heterocycles. The lowest BCUT2D eigenvalue weighted by molar-refractivity contribution is -0.139. The van der Waals surface area contributed by atoms with Crippen LogP contribution in [0.25, 0.3) is 0 Å². The summed E-state index contributed by atoms with van der Waals surface area (Å²) in [6.07, 6.45) is 1.36. The first-order valence-corrected chi connectivity index (χ1v) is 12.4. The highest BCUT2D eigenvalue weighted by Gasteiger charge is 2.28. The molecule has 0 aliphatic carbocycles. The van der Waals surface area contributed by atoms with E-state index in [2.05, 4.69) is 24.4 Å². The Hall–Kier alpha value is -1.69. The lowest BCUT2D eigenvalue weighted by atomic mass is 10.1. The first-order valence-electron chi connectivity index (χ1n) is 10.5. The fraction of sp³-hybridized carbons (Fsp3) is 0.417. The van der Waals surface area contributed by atoms with Crippen LogP contribution in [0.3, 0.4) is 0 Å². The average Bonchev–Trinajstić information content (AvgIpc) is 2.74. The zero-order valence-electron chi connectivity index (χ0n) is 18.3. The van der Waals surface area contributed by atoms with E-state index < -0.39 is 6.04 Å². The minimum atomic E-state index is -0.551. The Labute approximate surface area is 199 Å². The maximum absolute atomic E-state index is 13.2. The van der Waals surface area contributed by atoms with Crippen LogP contribution in [-0.4, -0.2) is 35.1 Å². The summed E-state index contributed by atoms with van der Waals surface area (Å²) in [7, 11) is 0. The number of carbonyl (C=O) groups excluding carboxylic acids is 2. The lowest BCUT2D eigenvalue weighted by Crippen LogP contribution is -2.49. The smallest absolute Gasteiger partial charge is 0.242 e. The molecule has 4 nitrogen and oxygen atoms in total. The van der Waals surface area contributed by atoms with Crippen molar-refractivity contribution in [1.29, 1.82) is 0 Å². The molecule has 0 aliphatic rings. The lowest BCUT2D eigenvalue weighted by Gasteiger charge is -2.31. The standard InChI is InChI=1S/C24H30Cl2N2O2S/c1-4-12-27-24(30)22(5-2)28(14-18-10-11-20(25)13-21(18)26)23(29)16-31-15-19-9-7-6-8-17(19)3/h6-11,13,22H,4-5,12,14-16H2,1-3H3,(H,27,30). The zero-order chi connectivity index (χ0) is 22.8. The molecule has 0 aromatic heterocycles. The van der Waals surface area contributed by atoms with Crippen molar-refractivity contribution in [2.24, 2.45) is 0 Å². The van der Waals surface area contributed by atoms with Gasteiger partial charge in [0.15, 0.2) is 0 Å². The van der Waals surface area contributed by atoms with E-state index in [9.17, 15) is 9.59 Å². The van der Waals surface area contributed by atoms with Crippen molar-refractivity contribution in [3.8, 4) is 0 Å². The molecule has 0 radical (unpaired) electrons. The fourth-order valence-electron chi connectivity index (χ4n) is 3.22. The van der Waals surface area contributed by atoms with Gasteiger partial charge in [-0.05, 0) is 48.6 Å². The fourth-order valence-corrected chi connectivity index (χ4v) is 4.68. The van der Waals surface area contributed by atoms with Gasteiger partial charge < -0.3 is 10.2 Å². The molecule has 2 aromatic carbocycles. The van der Waals surface area contributed by atoms with Crippen molar-refractivity contribution in [2.45, 2.75) is 52.0 Å². The van der Waals surface area contributed by atoms with Crippen LogP contribution in [0.4, 0.5) is 0 Å². The summed E-state index contributed by atoms with van der Waals surface area (Å²) in [5.74, 6) is 0.818. The van der Waals surface area contributed by atoms with Gasteiger partial charge in [0.2, 0.25) is 11.8 Å². The molecule has 31 heavy (non-hydrogen) atoms. The predicted octanol–water partition coefficient (Wildman–Crippen LogP) is 5.87. The summed E-state index contributed by atoms with van der Waals surface area (Å²) in [6.45, 7) is 6.83. The van der Waals surface area contributed by atoms with E-state index in [0.717, 1.165) is 17.7 Å². The van der Waals surface area contributed by atoms with Gasteiger partial charge in [-0.15, -0.1) is 11.8 Å². The van der Waals surface area contributed by atoms with Crippen molar-refractivity contribution in [3.63, 3.8) is 0 Å². The molecule has 2 aromatic rings. The van der Waals surface area contributed by atoms with Gasteiger partial charge in [0.05, 0.1) is 5.75 Å². The molecular formula is C24H30Cl2N2O2S. The van der Waals surface area contributed by atoms with Crippen molar-refractivity contribution in [3.05, 3.63) is 69.2 Å². The van der Waals surface area contributed by atoms with Gasteiger partial charge in [0.25, 0.3) is 0 Å². The van der Waals surface area contributed by atoms with E-state index in [1.165, 1.54) is 11.1 Å². The summed E-state index contributed by atoms with van der Waals surface area (Å²) in [4.78, 5) is 27.7. The molecule has 7 heteroatoms. The van der Waals surface area contributed by atoms with Crippen LogP contribution in [0, 0.1) is 6.92 Å². The number of aryl methyl sites for hydroxylation is 1. The first kappa shape index (κ1) is 25.6. The zero-order valence-corrected chi connectivity index (χ0v) is 20.6. The topological polar surface area (TPSA) is 49.4 Å². The number of halogens is 2. The van der Waals surface area contributed by atoms with Crippen molar-refractivity contribution < 1.29 is 9.59 Å². The van der Waals surface area contributed by atoms with Crippen molar-refractivity contribution in [1.82, 2.24) is 10.2 Å². The van der Waals surface area contributed by atoms with Crippen LogP contribution >= 0.6 is 35.0 Å². The number of carbonyl (C=O) groups is 2. The number of nitrogens with zero attached hydrogens (tertiary/aromatic N) is 1. The number of hydrogen-bond donors (Lipinski definition) is 1. The van der Waals surface area contributed by atoms with Gasteiger partial charge >= 0.3 is 0 Å². The molecule has 0 heterocycles. The highest BCUT2D eigenvalue weighted by atomic mass is 35.5. The molecule has 1 unspecified atom stereocenters. The molecule has 1 atom stereocenters. The predicted molar refractivity (Wildman–Crippen MR) is 132 cm³/mol. The Morgan fingerprint density at radius 3 is 2.48 bits per heavy atom. The first-order chi connectivity index (χ1) is 14.9. The summed E-state index contributed by atoms with van der Waals surface area (Å²) in [5.41, 5.74) is 3.18. The minimum Gasteiger partial charge on any atom is -0.354 e. The number of hydrogen-bond acceptors (Lipinski definition) is 3. The number of rotatable bonds is 11.